The van der Waals surface area contributed by atoms with Gasteiger partial charge in [-0.15, -0.1) is 0 Å². The maximum absolute atomic E-state index is 12.7. The summed E-state index contributed by atoms with van der Waals surface area (Å²) in [5.74, 6) is 0.557. The third-order valence-electron chi connectivity index (χ3n) is 4.22. The highest BCUT2D eigenvalue weighted by Crippen LogP contribution is 2.36. The van der Waals surface area contributed by atoms with Crippen LogP contribution in [0, 0.1) is 0 Å². The van der Waals surface area contributed by atoms with Crippen LogP contribution < -0.4 is 10.6 Å². The third kappa shape index (κ3) is 4.34. The maximum Gasteiger partial charge on any atom is 0.251 e. The van der Waals surface area contributed by atoms with Crippen molar-refractivity contribution in [2.45, 2.75) is 52.6 Å². The van der Waals surface area contributed by atoms with Crippen molar-refractivity contribution >= 4 is 12.6 Å². The first-order valence-corrected chi connectivity index (χ1v) is 8.14. The lowest BCUT2D eigenvalue weighted by atomic mass is 10.0. The van der Waals surface area contributed by atoms with Gasteiger partial charge in [0.2, 0.25) is 0 Å². The van der Waals surface area contributed by atoms with E-state index in [4.69, 9.17) is 0 Å². The average molecular weight is 329 g/mol. The van der Waals surface area contributed by atoms with Crippen molar-refractivity contribution in [3.8, 4) is 0 Å². The summed E-state index contributed by atoms with van der Waals surface area (Å²) in [7, 11) is 1.90. The van der Waals surface area contributed by atoms with Gasteiger partial charge in [-0.1, -0.05) is 5.57 Å². The zero-order valence-electron chi connectivity index (χ0n) is 15.2. The lowest BCUT2D eigenvalue weighted by Gasteiger charge is -2.18. The highest BCUT2D eigenvalue weighted by atomic mass is 16.1. The number of carbonyl (C=O) groups excluding carboxylic acids is 1. The van der Waals surface area contributed by atoms with Crippen LogP contribution >= 0.6 is 0 Å². The molecule has 0 saturated heterocycles. The smallest absolute Gasteiger partial charge is 0.251 e. The van der Waals surface area contributed by atoms with E-state index in [9.17, 15) is 4.79 Å². The number of rotatable bonds is 7. The van der Waals surface area contributed by atoms with Gasteiger partial charge in [-0.3, -0.25) is 4.79 Å². The van der Waals surface area contributed by atoms with Gasteiger partial charge in [0.15, 0.2) is 0 Å². The molecule has 1 saturated carbocycles. The fourth-order valence-electron chi connectivity index (χ4n) is 2.56. The first kappa shape index (κ1) is 18.0. The van der Waals surface area contributed by atoms with Crippen LogP contribution in [0.3, 0.4) is 0 Å². The number of imidazole rings is 1. The van der Waals surface area contributed by atoms with Crippen molar-refractivity contribution in [2.24, 2.45) is 12.0 Å². The second-order valence-corrected chi connectivity index (χ2v) is 6.91. The normalized spacial score (nSPS) is 16.0. The molecular formula is C18H27N5O. The van der Waals surface area contributed by atoms with Crippen LogP contribution in [0.25, 0.3) is 0 Å². The molecule has 1 heterocycles. The number of aryl methyl sites for hydroxylation is 1. The largest absolute Gasteiger partial charge is 0.365 e. The number of amides is 1. The summed E-state index contributed by atoms with van der Waals surface area (Å²) >= 11 is 0. The predicted molar refractivity (Wildman–Crippen MR) is 96.5 cm³/mol. The fourth-order valence-corrected chi connectivity index (χ4v) is 2.56. The molecule has 0 unspecified atom stereocenters. The van der Waals surface area contributed by atoms with Gasteiger partial charge in [-0.25, -0.2) is 9.98 Å². The Morgan fingerprint density at radius 1 is 1.42 bits per heavy atom. The first-order chi connectivity index (χ1) is 11.3. The summed E-state index contributed by atoms with van der Waals surface area (Å²) in [6, 6.07) is 0. The van der Waals surface area contributed by atoms with Gasteiger partial charge < -0.3 is 15.2 Å². The van der Waals surface area contributed by atoms with E-state index in [-0.39, 0.29) is 11.4 Å². The highest BCUT2D eigenvalue weighted by molar-refractivity contribution is 5.98. The van der Waals surface area contributed by atoms with E-state index in [1.807, 2.05) is 38.6 Å². The Labute approximate surface area is 143 Å². The Morgan fingerprint density at radius 2 is 2.08 bits per heavy atom. The number of nitrogens with one attached hydrogen (secondary N) is 2. The molecule has 0 aromatic carbocycles. The monoisotopic (exact) mass is 329 g/mol. The van der Waals surface area contributed by atoms with Crippen molar-refractivity contribution < 1.29 is 4.79 Å². The quantitative estimate of drug-likeness (QED) is 0.458. The standard InChI is InChI=1S/C18H27N5O/c1-12(2)15(13(3)16(19-5)22-18(4)7-8-18)17(24)20-9-14-10-23(6)11-21-14/h10-11,22H,5,7-9H2,1-4,6H3,(H,20,24)/b16-13-. The molecular weight excluding hydrogens is 302 g/mol. The van der Waals surface area contributed by atoms with Crippen LogP contribution in [0.15, 0.2) is 40.1 Å². The average Bonchev–Trinajstić information content (AvgIpc) is 3.09. The minimum absolute atomic E-state index is 0.0783. The first-order valence-electron chi connectivity index (χ1n) is 8.14. The van der Waals surface area contributed by atoms with Crippen molar-refractivity contribution in [3.05, 3.63) is 40.8 Å². The van der Waals surface area contributed by atoms with Crippen LogP contribution in [0.1, 0.15) is 46.2 Å². The highest BCUT2D eigenvalue weighted by Gasteiger charge is 2.38. The molecule has 2 rings (SSSR count). The Bertz CT molecular complexity index is 703. The van der Waals surface area contributed by atoms with Crippen LogP contribution in [-0.2, 0) is 18.4 Å². The van der Waals surface area contributed by atoms with Crippen molar-refractivity contribution in [2.75, 3.05) is 0 Å². The number of aromatic nitrogens is 2. The van der Waals surface area contributed by atoms with E-state index in [0.29, 0.717) is 17.9 Å². The Balaban J connectivity index is 2.16. The lowest BCUT2D eigenvalue weighted by Crippen LogP contribution is -2.30. The van der Waals surface area contributed by atoms with Gasteiger partial charge in [0.05, 0.1) is 18.6 Å². The SMILES string of the molecule is C=N/C(NC1(C)CC1)=C(\C)C(C(=O)NCc1cn(C)cn1)=C(C)C. The van der Waals surface area contributed by atoms with Crippen LogP contribution in [0.4, 0.5) is 0 Å². The van der Waals surface area contributed by atoms with E-state index in [1.165, 1.54) is 0 Å². The Kier molecular flexibility index (Phi) is 5.26. The molecule has 0 aliphatic heterocycles. The van der Waals surface area contributed by atoms with E-state index in [1.54, 1.807) is 6.33 Å². The van der Waals surface area contributed by atoms with Gasteiger partial charge in [0.25, 0.3) is 5.91 Å². The molecule has 2 N–H and O–H groups in total. The van der Waals surface area contributed by atoms with Crippen LogP contribution in [-0.4, -0.2) is 27.7 Å². The molecule has 0 radical (unpaired) electrons. The second-order valence-electron chi connectivity index (χ2n) is 6.91. The molecule has 1 aromatic heterocycles. The molecule has 0 atom stereocenters. The molecule has 1 aromatic rings. The molecule has 1 aliphatic rings. The topological polar surface area (TPSA) is 71.3 Å². The molecule has 6 nitrogen and oxygen atoms in total. The van der Waals surface area contributed by atoms with Gasteiger partial charge in [-0.05, 0) is 47.3 Å². The lowest BCUT2D eigenvalue weighted by molar-refractivity contribution is -0.117. The summed E-state index contributed by atoms with van der Waals surface area (Å²) in [5.41, 5.74) is 3.30. The number of hydrogen-bond donors (Lipinski definition) is 2. The Hall–Kier alpha value is -2.37. The Morgan fingerprint density at radius 3 is 2.54 bits per heavy atom. The zero-order valence-corrected chi connectivity index (χ0v) is 15.2. The number of carbonyl (C=O) groups is 1. The summed E-state index contributed by atoms with van der Waals surface area (Å²) < 4.78 is 1.86. The number of allylic oxidation sites excluding steroid dienone is 1. The van der Waals surface area contributed by atoms with E-state index in [0.717, 1.165) is 29.7 Å². The number of aliphatic imine (C=N–C) groups is 1. The molecule has 130 valence electrons. The summed E-state index contributed by atoms with van der Waals surface area (Å²) in [4.78, 5) is 21.0. The third-order valence-corrected chi connectivity index (χ3v) is 4.22. The zero-order chi connectivity index (χ0) is 17.9. The predicted octanol–water partition coefficient (Wildman–Crippen LogP) is 2.45. The fraction of sp³-hybridized carbons (Fsp3) is 0.500. The molecule has 24 heavy (non-hydrogen) atoms. The minimum atomic E-state index is -0.123. The summed E-state index contributed by atoms with van der Waals surface area (Å²) in [6.45, 7) is 12.0. The maximum atomic E-state index is 12.7. The number of nitrogens with zero attached hydrogens (tertiary/aromatic N) is 3. The van der Waals surface area contributed by atoms with Crippen LogP contribution in [0.5, 0.6) is 0 Å². The summed E-state index contributed by atoms with van der Waals surface area (Å²) in [6.07, 6.45) is 5.82. The van der Waals surface area contributed by atoms with Crippen LogP contribution in [0.2, 0.25) is 0 Å². The van der Waals surface area contributed by atoms with Gasteiger partial charge in [0, 0.05) is 29.9 Å². The van der Waals surface area contributed by atoms with Crippen molar-refractivity contribution in [3.63, 3.8) is 0 Å². The molecule has 0 spiro atoms. The van der Waals surface area contributed by atoms with Gasteiger partial charge in [-0.2, -0.15) is 0 Å². The van der Waals surface area contributed by atoms with Gasteiger partial charge in [0.1, 0.15) is 5.82 Å². The van der Waals surface area contributed by atoms with E-state index in [2.05, 4.69) is 34.3 Å². The molecule has 1 fully saturated rings. The van der Waals surface area contributed by atoms with Gasteiger partial charge >= 0.3 is 0 Å². The second kappa shape index (κ2) is 7.03. The van der Waals surface area contributed by atoms with E-state index >= 15 is 0 Å². The summed E-state index contributed by atoms with van der Waals surface area (Å²) in [5, 5.41) is 6.34. The van der Waals surface area contributed by atoms with Crippen molar-refractivity contribution in [1.82, 2.24) is 20.2 Å². The number of hydrogen-bond acceptors (Lipinski definition) is 4. The molecule has 1 aliphatic carbocycles. The van der Waals surface area contributed by atoms with Crippen molar-refractivity contribution in [1.29, 1.82) is 0 Å². The molecule has 0 bridgehead atoms. The van der Waals surface area contributed by atoms with E-state index < -0.39 is 0 Å². The molecule has 1 amide bonds. The molecule has 6 heteroatoms. The minimum Gasteiger partial charge on any atom is -0.365 e.